The summed E-state index contributed by atoms with van der Waals surface area (Å²) in [5.41, 5.74) is 14.1. The molecule has 3 aromatic heterocycles. The fraction of sp³-hybridized carbons (Fsp3) is 0. The Hall–Kier alpha value is -7.64. The van der Waals surface area contributed by atoms with E-state index in [0.29, 0.717) is 11.3 Å². The Morgan fingerprint density at radius 1 is 0.464 bits per heavy atom. The number of fused-ring (bicyclic) bond motifs is 13. The van der Waals surface area contributed by atoms with Crippen molar-refractivity contribution < 1.29 is 0 Å². The highest BCUT2D eigenvalue weighted by atomic mass is 28.2. The van der Waals surface area contributed by atoms with Crippen LogP contribution >= 0.6 is 0 Å². The normalized spacial score (nSPS) is 12.6. The van der Waals surface area contributed by atoms with E-state index in [1.165, 1.54) is 70.8 Å². The first-order valence-corrected chi connectivity index (χ1v) is 20.2. The molecule has 0 amide bonds. The third-order valence-electron chi connectivity index (χ3n) is 11.9. The van der Waals surface area contributed by atoms with Gasteiger partial charge in [-0.3, -0.25) is 0 Å². The number of nitriles is 1. The molecule has 5 nitrogen and oxygen atoms in total. The second-order valence-corrected chi connectivity index (χ2v) is 16.6. The van der Waals surface area contributed by atoms with Crippen LogP contribution in [0.4, 0.5) is 5.69 Å². The van der Waals surface area contributed by atoms with Crippen molar-refractivity contribution in [3.8, 4) is 34.3 Å². The molecule has 1 aliphatic rings. The van der Waals surface area contributed by atoms with E-state index in [1.807, 2.05) is 36.4 Å². The molecular formula is C50H29N5Si. The second-order valence-electron chi connectivity index (χ2n) is 14.7. The molecule has 0 bridgehead atoms. The van der Waals surface area contributed by atoms with Crippen LogP contribution in [0.25, 0.3) is 98.5 Å². The van der Waals surface area contributed by atoms with Crippen molar-refractivity contribution in [1.82, 2.24) is 13.7 Å². The van der Waals surface area contributed by atoms with E-state index in [4.69, 9.17) is 6.57 Å². The van der Waals surface area contributed by atoms with E-state index >= 15 is 0 Å². The lowest BCUT2D eigenvalue weighted by atomic mass is 10.0. The Morgan fingerprint density at radius 2 is 1.12 bits per heavy atom. The first-order chi connectivity index (χ1) is 27.7. The van der Waals surface area contributed by atoms with Crippen LogP contribution in [0, 0.1) is 17.9 Å². The molecule has 4 heterocycles. The highest BCUT2D eigenvalue weighted by molar-refractivity contribution is 6.73. The van der Waals surface area contributed by atoms with Crippen LogP contribution in [0.5, 0.6) is 0 Å². The summed E-state index contributed by atoms with van der Waals surface area (Å²) in [6.45, 7) is 7.64. The van der Waals surface area contributed by atoms with E-state index in [9.17, 15) is 5.26 Å². The summed E-state index contributed by atoms with van der Waals surface area (Å²) in [5.74, 6) is 0. The first-order valence-electron chi connectivity index (χ1n) is 18.8. The van der Waals surface area contributed by atoms with Gasteiger partial charge < -0.3 is 13.7 Å². The molecule has 8 aromatic carbocycles. The maximum absolute atomic E-state index is 9.71. The SMILES string of the molecule is [C-]#[N+]c1ccc2c(c1)c1cc(C#N)ccc1n2-c1ccc2c(c1)-c1ccc(-n3c4ccccc4c4ccc5c(c6ccccc6n5-c5ccccc5)c43)cc1[SiH2]2. The zero-order chi connectivity index (χ0) is 37.1. The van der Waals surface area contributed by atoms with Gasteiger partial charge in [-0.1, -0.05) is 89.2 Å². The van der Waals surface area contributed by atoms with Gasteiger partial charge in [-0.15, -0.1) is 0 Å². The average molecular weight is 728 g/mol. The van der Waals surface area contributed by atoms with Crippen molar-refractivity contribution in [3.05, 3.63) is 181 Å². The quantitative estimate of drug-likeness (QED) is 0.132. The lowest BCUT2D eigenvalue weighted by molar-refractivity contribution is 1.17. The van der Waals surface area contributed by atoms with Crippen molar-refractivity contribution >= 4 is 91.0 Å². The lowest BCUT2D eigenvalue weighted by Gasteiger charge is -2.13. The third kappa shape index (κ3) is 4.16. The number of hydrogen-bond acceptors (Lipinski definition) is 1. The molecule has 0 saturated heterocycles. The zero-order valence-corrected chi connectivity index (χ0v) is 31.4. The molecule has 0 unspecified atom stereocenters. The minimum Gasteiger partial charge on any atom is -0.309 e. The summed E-state index contributed by atoms with van der Waals surface area (Å²) in [5, 5.41) is 19.6. The van der Waals surface area contributed by atoms with Crippen LogP contribution in [-0.2, 0) is 0 Å². The number of para-hydroxylation sites is 3. The maximum Gasteiger partial charge on any atom is 0.188 e. The van der Waals surface area contributed by atoms with Gasteiger partial charge in [-0.05, 0) is 101 Å². The minimum absolute atomic E-state index is 0.592. The van der Waals surface area contributed by atoms with Crippen LogP contribution in [0.15, 0.2) is 164 Å². The molecule has 0 saturated carbocycles. The Balaban J connectivity index is 1.06. The Morgan fingerprint density at radius 3 is 1.95 bits per heavy atom. The number of aromatic nitrogens is 3. The fourth-order valence-electron chi connectivity index (χ4n) is 9.50. The monoisotopic (exact) mass is 727 g/mol. The predicted molar refractivity (Wildman–Crippen MR) is 234 cm³/mol. The van der Waals surface area contributed by atoms with Gasteiger partial charge in [0.1, 0.15) is 0 Å². The van der Waals surface area contributed by atoms with E-state index in [-0.39, 0.29) is 0 Å². The van der Waals surface area contributed by atoms with Crippen LogP contribution < -0.4 is 10.4 Å². The van der Waals surface area contributed by atoms with Crippen LogP contribution in [0.3, 0.4) is 0 Å². The highest BCUT2D eigenvalue weighted by Gasteiger charge is 2.24. The van der Waals surface area contributed by atoms with Gasteiger partial charge in [-0.25, -0.2) is 4.85 Å². The summed E-state index contributed by atoms with van der Waals surface area (Å²) in [4.78, 5) is 3.70. The molecule has 0 fully saturated rings. The van der Waals surface area contributed by atoms with Gasteiger partial charge in [0.2, 0.25) is 0 Å². The molecule has 0 N–H and O–H groups in total. The van der Waals surface area contributed by atoms with Gasteiger partial charge in [-0.2, -0.15) is 5.26 Å². The molecule has 56 heavy (non-hydrogen) atoms. The van der Waals surface area contributed by atoms with Gasteiger partial charge in [0, 0.05) is 44.0 Å². The van der Waals surface area contributed by atoms with E-state index in [2.05, 4.69) is 152 Å². The van der Waals surface area contributed by atoms with Crippen molar-refractivity contribution in [1.29, 1.82) is 5.26 Å². The summed E-state index contributed by atoms with van der Waals surface area (Å²) in [7, 11) is -0.757. The molecule has 0 radical (unpaired) electrons. The molecular weight excluding hydrogens is 699 g/mol. The zero-order valence-electron chi connectivity index (χ0n) is 30.0. The summed E-state index contributed by atoms with van der Waals surface area (Å²) >= 11 is 0. The van der Waals surface area contributed by atoms with Gasteiger partial charge in [0.05, 0.1) is 60.8 Å². The maximum atomic E-state index is 9.71. The predicted octanol–water partition coefficient (Wildman–Crippen LogP) is 10.5. The smallest absolute Gasteiger partial charge is 0.188 e. The highest BCUT2D eigenvalue weighted by Crippen LogP contribution is 2.42. The Labute approximate surface area is 323 Å². The number of hydrogen-bond donors (Lipinski definition) is 0. The Bertz CT molecular complexity index is 3520. The van der Waals surface area contributed by atoms with Crippen molar-refractivity contribution in [2.45, 2.75) is 0 Å². The Kier molecular flexibility index (Phi) is 6.28. The molecule has 1 aliphatic heterocycles. The summed E-state index contributed by atoms with van der Waals surface area (Å²) in [6, 6.07) is 61.0. The molecule has 0 aliphatic carbocycles. The lowest BCUT2D eigenvalue weighted by Crippen LogP contribution is -2.21. The van der Waals surface area contributed by atoms with Gasteiger partial charge in [0.25, 0.3) is 0 Å². The molecule has 0 spiro atoms. The number of benzene rings is 8. The summed E-state index contributed by atoms with van der Waals surface area (Å²) < 4.78 is 7.19. The van der Waals surface area contributed by atoms with Crippen molar-refractivity contribution in [3.63, 3.8) is 0 Å². The van der Waals surface area contributed by atoms with Crippen molar-refractivity contribution in [2.24, 2.45) is 0 Å². The third-order valence-corrected chi connectivity index (χ3v) is 13.8. The van der Waals surface area contributed by atoms with E-state index in [1.54, 1.807) is 0 Å². The number of nitrogens with zero attached hydrogens (tertiary/aromatic N) is 5. The van der Waals surface area contributed by atoms with Crippen LogP contribution in [-0.4, -0.2) is 23.2 Å². The topological polar surface area (TPSA) is 42.9 Å². The van der Waals surface area contributed by atoms with E-state index < -0.39 is 9.52 Å². The number of rotatable bonds is 3. The average Bonchev–Trinajstić information content (AvgIpc) is 3.99. The van der Waals surface area contributed by atoms with Crippen LogP contribution in [0.1, 0.15) is 5.56 Å². The molecule has 12 rings (SSSR count). The fourth-order valence-corrected chi connectivity index (χ4v) is 11.4. The summed E-state index contributed by atoms with van der Waals surface area (Å²) in [6.07, 6.45) is 0. The minimum atomic E-state index is -0.757. The van der Waals surface area contributed by atoms with Crippen LogP contribution in [0.2, 0.25) is 0 Å². The molecule has 258 valence electrons. The van der Waals surface area contributed by atoms with Gasteiger partial charge >= 0.3 is 0 Å². The standard InChI is InChI=1S/C50H29N5Si/c1-52-31-16-22-45-40(26-31)39-25-30(29-51)15-21-44(39)54(45)33-18-24-47-41(27-33)36-19-17-34(28-48(36)56-47)55-42-13-7-5-11-35(42)37-20-23-46-49(50(37)55)38-12-6-8-14-43(38)53(46)32-9-3-2-4-10-32/h2-28H,56H2. The second kappa shape index (κ2) is 11.4. The van der Waals surface area contributed by atoms with Crippen molar-refractivity contribution in [2.75, 3.05) is 0 Å². The molecule has 0 atom stereocenters. The van der Waals surface area contributed by atoms with E-state index in [0.717, 1.165) is 33.2 Å². The largest absolute Gasteiger partial charge is 0.309 e. The first kappa shape index (κ1) is 30.8. The molecule has 11 aromatic rings. The molecule has 6 heteroatoms. The van der Waals surface area contributed by atoms with Gasteiger partial charge in [0.15, 0.2) is 5.69 Å².